The summed E-state index contributed by atoms with van der Waals surface area (Å²) in [5.41, 5.74) is 8.32. The number of benzene rings is 1. The van der Waals surface area contributed by atoms with E-state index in [-0.39, 0.29) is 17.8 Å². The molecule has 4 rings (SSSR count). The Kier molecular flexibility index (Phi) is 5.19. The van der Waals surface area contributed by atoms with Gasteiger partial charge in [-0.2, -0.15) is 4.98 Å². The molecule has 2 fully saturated rings. The number of rotatable bonds is 3. The van der Waals surface area contributed by atoms with Gasteiger partial charge in [-0.05, 0) is 38.2 Å². The van der Waals surface area contributed by atoms with Crippen LogP contribution in [0.3, 0.4) is 0 Å². The van der Waals surface area contributed by atoms with E-state index >= 15 is 0 Å². The van der Waals surface area contributed by atoms with Gasteiger partial charge in [-0.3, -0.25) is 0 Å². The molecule has 0 unspecified atom stereocenters. The number of hydrogen-bond donors (Lipinski definition) is 1. The lowest BCUT2D eigenvalue weighted by molar-refractivity contribution is 0.0523. The molecule has 0 atom stereocenters. The van der Waals surface area contributed by atoms with Crippen LogP contribution in [-0.4, -0.2) is 23.4 Å². The third-order valence-electron chi connectivity index (χ3n) is 5.73. The van der Waals surface area contributed by atoms with Crippen LogP contribution < -0.4 is 5.73 Å². The van der Waals surface area contributed by atoms with Crippen molar-refractivity contribution in [1.82, 2.24) is 10.1 Å². The Balaban J connectivity index is 0.00000182. The average Bonchev–Trinajstić information content (AvgIpc) is 3.26. The molecule has 1 aromatic heterocycles. The molecular weight excluding hydrogens is 338 g/mol. The Morgan fingerprint density at radius 1 is 1.00 bits per heavy atom. The summed E-state index contributed by atoms with van der Waals surface area (Å²) in [6.07, 6.45) is 5.86. The summed E-state index contributed by atoms with van der Waals surface area (Å²) in [5.74, 6) is 1.37. The molecule has 1 aliphatic heterocycles. The van der Waals surface area contributed by atoms with Crippen LogP contribution in [0.4, 0.5) is 0 Å². The average molecular weight is 364 g/mol. The smallest absolute Gasteiger partial charge is 0.237 e. The van der Waals surface area contributed by atoms with Crippen molar-refractivity contribution in [2.45, 2.75) is 56.4 Å². The standard InChI is InChI=1S/C19H25N3O2.ClH/c1-14-4-6-15(7-5-14)18(10-12-23-13-11-18)17-21-16(22-24-17)19(20)8-2-3-9-19;/h4-7H,2-3,8-13,20H2,1H3;1H. The van der Waals surface area contributed by atoms with E-state index in [9.17, 15) is 0 Å². The third-order valence-corrected chi connectivity index (χ3v) is 5.73. The molecule has 0 amide bonds. The molecule has 5 nitrogen and oxygen atoms in total. The van der Waals surface area contributed by atoms with Gasteiger partial charge >= 0.3 is 0 Å². The molecule has 136 valence electrons. The predicted molar refractivity (Wildman–Crippen MR) is 97.9 cm³/mol. The van der Waals surface area contributed by atoms with E-state index in [0.717, 1.165) is 38.5 Å². The van der Waals surface area contributed by atoms with E-state index in [1.54, 1.807) is 0 Å². The van der Waals surface area contributed by atoms with Crippen molar-refractivity contribution < 1.29 is 9.26 Å². The van der Waals surface area contributed by atoms with Gasteiger partial charge in [0, 0.05) is 13.2 Å². The fourth-order valence-electron chi connectivity index (χ4n) is 4.07. The second-order valence-corrected chi connectivity index (χ2v) is 7.35. The number of ether oxygens (including phenoxy) is 1. The van der Waals surface area contributed by atoms with Gasteiger partial charge < -0.3 is 15.0 Å². The van der Waals surface area contributed by atoms with Crippen LogP contribution in [-0.2, 0) is 15.7 Å². The summed E-state index contributed by atoms with van der Waals surface area (Å²) in [7, 11) is 0. The highest BCUT2D eigenvalue weighted by Crippen LogP contribution is 2.42. The maximum absolute atomic E-state index is 6.52. The minimum absolute atomic E-state index is 0. The van der Waals surface area contributed by atoms with Crippen molar-refractivity contribution in [2.75, 3.05) is 13.2 Å². The van der Waals surface area contributed by atoms with E-state index in [0.29, 0.717) is 24.9 Å². The third kappa shape index (κ3) is 3.21. The maximum atomic E-state index is 6.52. The zero-order valence-electron chi connectivity index (χ0n) is 14.7. The Morgan fingerprint density at radius 3 is 2.28 bits per heavy atom. The second kappa shape index (κ2) is 7.06. The molecule has 0 radical (unpaired) electrons. The van der Waals surface area contributed by atoms with Gasteiger partial charge in [0.05, 0.1) is 11.0 Å². The summed E-state index contributed by atoms with van der Waals surface area (Å²) >= 11 is 0. The topological polar surface area (TPSA) is 74.2 Å². The van der Waals surface area contributed by atoms with E-state index in [2.05, 4.69) is 36.3 Å². The Hall–Kier alpha value is -1.43. The summed E-state index contributed by atoms with van der Waals surface area (Å²) in [6, 6.07) is 8.65. The second-order valence-electron chi connectivity index (χ2n) is 7.35. The number of hydrogen-bond acceptors (Lipinski definition) is 5. The lowest BCUT2D eigenvalue weighted by atomic mass is 9.74. The van der Waals surface area contributed by atoms with Crippen molar-refractivity contribution in [3.63, 3.8) is 0 Å². The van der Waals surface area contributed by atoms with Gasteiger partial charge in [-0.15, -0.1) is 12.4 Å². The Morgan fingerprint density at radius 2 is 1.64 bits per heavy atom. The van der Waals surface area contributed by atoms with E-state index in [1.165, 1.54) is 11.1 Å². The van der Waals surface area contributed by atoms with Crippen LogP contribution in [0.15, 0.2) is 28.8 Å². The van der Waals surface area contributed by atoms with Crippen molar-refractivity contribution in [2.24, 2.45) is 5.73 Å². The SMILES string of the molecule is Cc1ccc(C2(c3nc(C4(N)CCCC4)no3)CCOCC2)cc1.Cl. The molecule has 1 saturated carbocycles. The largest absolute Gasteiger partial charge is 0.381 e. The minimum Gasteiger partial charge on any atom is -0.381 e. The van der Waals surface area contributed by atoms with E-state index in [1.807, 2.05) is 0 Å². The van der Waals surface area contributed by atoms with Crippen LogP contribution >= 0.6 is 12.4 Å². The number of halogens is 1. The van der Waals surface area contributed by atoms with Gasteiger partial charge in [-0.25, -0.2) is 0 Å². The molecular formula is C19H26ClN3O2. The molecule has 0 bridgehead atoms. The molecule has 25 heavy (non-hydrogen) atoms. The van der Waals surface area contributed by atoms with Crippen molar-refractivity contribution >= 4 is 12.4 Å². The lowest BCUT2D eigenvalue weighted by Gasteiger charge is -2.34. The number of nitrogens with two attached hydrogens (primary N) is 1. The quantitative estimate of drug-likeness (QED) is 0.901. The summed E-state index contributed by atoms with van der Waals surface area (Å²) in [5, 5.41) is 4.28. The zero-order valence-corrected chi connectivity index (χ0v) is 15.5. The summed E-state index contributed by atoms with van der Waals surface area (Å²) < 4.78 is 11.4. The van der Waals surface area contributed by atoms with Gasteiger partial charge in [0.1, 0.15) is 0 Å². The first kappa shape index (κ1) is 18.4. The van der Waals surface area contributed by atoms with Crippen molar-refractivity contribution in [1.29, 1.82) is 0 Å². The number of aryl methyl sites for hydroxylation is 1. The Bertz CT molecular complexity index is 702. The molecule has 0 spiro atoms. The predicted octanol–water partition coefficient (Wildman–Crippen LogP) is 3.62. The zero-order chi connectivity index (χ0) is 16.6. The highest BCUT2D eigenvalue weighted by atomic mass is 35.5. The van der Waals surface area contributed by atoms with Crippen LogP contribution in [0.1, 0.15) is 61.4 Å². The molecule has 2 N–H and O–H groups in total. The first-order valence-corrected chi connectivity index (χ1v) is 8.91. The monoisotopic (exact) mass is 363 g/mol. The highest BCUT2D eigenvalue weighted by molar-refractivity contribution is 5.85. The first-order valence-electron chi connectivity index (χ1n) is 8.91. The van der Waals surface area contributed by atoms with Crippen molar-refractivity contribution in [3.8, 4) is 0 Å². The summed E-state index contributed by atoms with van der Waals surface area (Å²) in [6.45, 7) is 3.52. The van der Waals surface area contributed by atoms with E-state index in [4.69, 9.17) is 20.0 Å². The maximum Gasteiger partial charge on any atom is 0.237 e. The van der Waals surface area contributed by atoms with Crippen LogP contribution in [0, 0.1) is 6.92 Å². The van der Waals surface area contributed by atoms with Crippen LogP contribution in [0.25, 0.3) is 0 Å². The van der Waals surface area contributed by atoms with Crippen molar-refractivity contribution in [3.05, 3.63) is 47.1 Å². The molecule has 1 aliphatic carbocycles. The number of aromatic nitrogens is 2. The molecule has 2 aromatic rings. The fourth-order valence-corrected chi connectivity index (χ4v) is 4.07. The molecule has 2 aliphatic rings. The van der Waals surface area contributed by atoms with E-state index < -0.39 is 5.54 Å². The van der Waals surface area contributed by atoms with Crippen LogP contribution in [0.2, 0.25) is 0 Å². The summed E-state index contributed by atoms with van der Waals surface area (Å²) in [4.78, 5) is 4.80. The lowest BCUT2D eigenvalue weighted by Crippen LogP contribution is -2.37. The first-order chi connectivity index (χ1) is 11.6. The Labute approximate surface area is 154 Å². The molecule has 6 heteroatoms. The van der Waals surface area contributed by atoms with Gasteiger partial charge in [-0.1, -0.05) is 47.8 Å². The fraction of sp³-hybridized carbons (Fsp3) is 0.579. The number of nitrogens with zero attached hydrogens (tertiary/aromatic N) is 2. The molecule has 1 aromatic carbocycles. The normalized spacial score (nSPS) is 21.7. The van der Waals surface area contributed by atoms with Gasteiger partial charge in [0.15, 0.2) is 5.82 Å². The van der Waals surface area contributed by atoms with Gasteiger partial charge in [0.25, 0.3) is 0 Å². The van der Waals surface area contributed by atoms with Crippen LogP contribution in [0.5, 0.6) is 0 Å². The highest BCUT2D eigenvalue weighted by Gasteiger charge is 2.44. The minimum atomic E-state index is -0.415. The molecule has 2 heterocycles. The molecule has 1 saturated heterocycles. The van der Waals surface area contributed by atoms with Gasteiger partial charge in [0.2, 0.25) is 5.89 Å².